The normalized spacial score (nSPS) is 24.5. The zero-order chi connectivity index (χ0) is 20.9. The van der Waals surface area contributed by atoms with Crippen LogP contribution in [0, 0.1) is 5.82 Å². The summed E-state index contributed by atoms with van der Waals surface area (Å²) in [6, 6.07) is 6.40. The molecule has 0 spiro atoms. The maximum Gasteiger partial charge on any atom is 0.424 e. The van der Waals surface area contributed by atoms with Crippen molar-refractivity contribution in [2.75, 3.05) is 6.54 Å². The van der Waals surface area contributed by atoms with Crippen LogP contribution in [-0.2, 0) is 11.0 Å². The molecule has 4 N–H and O–H groups in total. The molecule has 1 aromatic heterocycles. The molecule has 1 heterocycles. The molecule has 1 unspecified atom stereocenters. The number of pyridine rings is 1. The van der Waals surface area contributed by atoms with Gasteiger partial charge in [-0.1, -0.05) is 18.5 Å². The molecule has 1 aliphatic rings. The van der Waals surface area contributed by atoms with Gasteiger partial charge < -0.3 is 15.9 Å². The summed E-state index contributed by atoms with van der Waals surface area (Å²) >= 11 is 5.80. The number of aliphatic hydroxyl groups excluding tert-OH is 1. The van der Waals surface area contributed by atoms with Crippen molar-refractivity contribution in [1.29, 1.82) is 0 Å². The predicted octanol–water partition coefficient (Wildman–Crippen LogP) is 3.66. The molecule has 0 bridgehead atoms. The molecule has 0 aliphatic heterocycles. The van der Waals surface area contributed by atoms with E-state index in [4.69, 9.17) is 17.3 Å². The van der Waals surface area contributed by atoms with Crippen molar-refractivity contribution in [3.63, 3.8) is 0 Å². The first-order chi connectivity index (χ1) is 12.9. The SMILES string of the molecule is CC1(c2cc(-c3ccc(F)c(Cl)c3)nc(C(O)(CN)C(F)(F)F)c2)CC(O)C1. The van der Waals surface area contributed by atoms with Crippen LogP contribution in [0.4, 0.5) is 17.6 Å². The van der Waals surface area contributed by atoms with Crippen LogP contribution < -0.4 is 5.73 Å². The second kappa shape index (κ2) is 6.95. The van der Waals surface area contributed by atoms with Gasteiger partial charge in [-0.15, -0.1) is 0 Å². The highest BCUT2D eigenvalue weighted by Crippen LogP contribution is 2.46. The van der Waals surface area contributed by atoms with Crippen molar-refractivity contribution in [3.8, 4) is 11.3 Å². The smallest absolute Gasteiger partial charge is 0.393 e. The lowest BCUT2D eigenvalue weighted by Crippen LogP contribution is -2.49. The Morgan fingerprint density at radius 2 is 1.89 bits per heavy atom. The Balaban J connectivity index is 2.21. The van der Waals surface area contributed by atoms with Gasteiger partial charge in [0, 0.05) is 12.1 Å². The zero-order valence-electron chi connectivity index (χ0n) is 14.9. The molecule has 152 valence electrons. The third kappa shape index (κ3) is 3.50. The molecule has 1 atom stereocenters. The van der Waals surface area contributed by atoms with E-state index in [1.54, 1.807) is 13.0 Å². The van der Waals surface area contributed by atoms with E-state index in [1.165, 1.54) is 18.2 Å². The number of rotatable bonds is 4. The minimum Gasteiger partial charge on any atom is -0.393 e. The van der Waals surface area contributed by atoms with E-state index in [0.29, 0.717) is 24.0 Å². The molecule has 0 radical (unpaired) electrons. The van der Waals surface area contributed by atoms with Crippen LogP contribution in [0.3, 0.4) is 0 Å². The average molecular weight is 419 g/mol. The van der Waals surface area contributed by atoms with E-state index in [0.717, 1.165) is 6.07 Å². The topological polar surface area (TPSA) is 79.4 Å². The molecule has 2 aromatic rings. The number of aliphatic hydroxyl groups is 2. The number of hydrogen-bond acceptors (Lipinski definition) is 4. The molecule has 28 heavy (non-hydrogen) atoms. The van der Waals surface area contributed by atoms with Crippen molar-refractivity contribution in [3.05, 3.63) is 52.4 Å². The number of nitrogens with zero attached hydrogens (tertiary/aromatic N) is 1. The summed E-state index contributed by atoms with van der Waals surface area (Å²) in [6.45, 7) is 0.686. The van der Waals surface area contributed by atoms with Crippen LogP contribution in [-0.4, -0.2) is 34.0 Å². The van der Waals surface area contributed by atoms with Gasteiger partial charge in [0.05, 0.1) is 22.5 Å². The maximum atomic E-state index is 13.5. The van der Waals surface area contributed by atoms with E-state index in [-0.39, 0.29) is 10.7 Å². The lowest BCUT2D eigenvalue weighted by atomic mass is 9.64. The summed E-state index contributed by atoms with van der Waals surface area (Å²) in [5.41, 5.74) is 1.53. The van der Waals surface area contributed by atoms with E-state index in [1.807, 2.05) is 0 Å². The first-order valence-corrected chi connectivity index (χ1v) is 8.93. The van der Waals surface area contributed by atoms with Crippen LogP contribution in [0.15, 0.2) is 30.3 Å². The highest BCUT2D eigenvalue weighted by atomic mass is 35.5. The maximum absolute atomic E-state index is 13.5. The van der Waals surface area contributed by atoms with Crippen LogP contribution >= 0.6 is 11.6 Å². The zero-order valence-corrected chi connectivity index (χ0v) is 15.7. The average Bonchev–Trinajstić information content (AvgIpc) is 2.60. The number of benzene rings is 1. The van der Waals surface area contributed by atoms with Gasteiger partial charge in [-0.05, 0) is 54.2 Å². The Bertz CT molecular complexity index is 900. The second-order valence-electron chi connectivity index (χ2n) is 7.44. The molecule has 0 saturated heterocycles. The van der Waals surface area contributed by atoms with E-state index >= 15 is 0 Å². The van der Waals surface area contributed by atoms with Crippen LogP contribution in [0.25, 0.3) is 11.3 Å². The van der Waals surface area contributed by atoms with Gasteiger partial charge in [-0.2, -0.15) is 13.2 Å². The fraction of sp³-hybridized carbons (Fsp3) is 0.421. The Labute approximate surface area is 164 Å². The molecule has 1 aromatic carbocycles. The summed E-state index contributed by atoms with van der Waals surface area (Å²) < 4.78 is 54.1. The van der Waals surface area contributed by atoms with Crippen molar-refractivity contribution in [1.82, 2.24) is 4.98 Å². The quantitative estimate of drug-likeness (QED) is 0.662. The first kappa shape index (κ1) is 21.0. The molecule has 1 fully saturated rings. The standard InChI is InChI=1S/C19H19ClF4N2O2/c1-17(7-12(27)8-17)11-5-15(10-2-3-14(21)13(20)4-10)26-16(6-11)18(28,9-25)19(22,23)24/h2-6,12,27-28H,7-9,25H2,1H3. The highest BCUT2D eigenvalue weighted by Gasteiger charge is 2.56. The van der Waals surface area contributed by atoms with Crippen molar-refractivity contribution in [2.24, 2.45) is 5.73 Å². The van der Waals surface area contributed by atoms with Crippen molar-refractivity contribution < 1.29 is 27.8 Å². The van der Waals surface area contributed by atoms with Gasteiger partial charge in [0.15, 0.2) is 0 Å². The first-order valence-electron chi connectivity index (χ1n) is 8.55. The number of hydrogen-bond donors (Lipinski definition) is 3. The fourth-order valence-corrected chi connectivity index (χ4v) is 3.66. The summed E-state index contributed by atoms with van der Waals surface area (Å²) in [6.07, 6.45) is -4.90. The Kier molecular flexibility index (Phi) is 5.21. The minimum atomic E-state index is -5.05. The summed E-state index contributed by atoms with van der Waals surface area (Å²) in [4.78, 5) is 3.98. The third-order valence-corrected chi connectivity index (χ3v) is 5.59. The Hall–Kier alpha value is -1.74. The van der Waals surface area contributed by atoms with Crippen molar-refractivity contribution in [2.45, 2.75) is 43.1 Å². The lowest BCUT2D eigenvalue weighted by molar-refractivity contribution is -0.263. The van der Waals surface area contributed by atoms with Gasteiger partial charge in [0.2, 0.25) is 5.60 Å². The molecule has 3 rings (SSSR count). The lowest BCUT2D eigenvalue weighted by Gasteiger charge is -2.43. The Morgan fingerprint density at radius 3 is 2.39 bits per heavy atom. The van der Waals surface area contributed by atoms with E-state index < -0.39 is 41.4 Å². The molecule has 1 aliphatic carbocycles. The van der Waals surface area contributed by atoms with Gasteiger partial charge in [0.25, 0.3) is 0 Å². The van der Waals surface area contributed by atoms with Gasteiger partial charge in [0.1, 0.15) is 5.82 Å². The predicted molar refractivity (Wildman–Crippen MR) is 96.2 cm³/mol. The molecular formula is C19H19ClF4N2O2. The van der Waals surface area contributed by atoms with Crippen LogP contribution in [0.1, 0.15) is 31.0 Å². The highest BCUT2D eigenvalue weighted by molar-refractivity contribution is 6.31. The van der Waals surface area contributed by atoms with Crippen LogP contribution in [0.2, 0.25) is 5.02 Å². The monoisotopic (exact) mass is 418 g/mol. The van der Waals surface area contributed by atoms with Gasteiger partial charge in [-0.25, -0.2) is 9.37 Å². The fourth-order valence-electron chi connectivity index (χ4n) is 3.48. The molecule has 1 saturated carbocycles. The number of halogens is 5. The minimum absolute atomic E-state index is 0.0909. The van der Waals surface area contributed by atoms with Gasteiger partial charge in [-0.3, -0.25) is 0 Å². The summed E-state index contributed by atoms with van der Waals surface area (Å²) in [5, 5.41) is 19.8. The largest absolute Gasteiger partial charge is 0.424 e. The van der Waals surface area contributed by atoms with E-state index in [2.05, 4.69) is 4.98 Å². The second-order valence-corrected chi connectivity index (χ2v) is 7.85. The summed E-state index contributed by atoms with van der Waals surface area (Å²) in [7, 11) is 0. The van der Waals surface area contributed by atoms with Crippen LogP contribution in [0.5, 0.6) is 0 Å². The van der Waals surface area contributed by atoms with Crippen molar-refractivity contribution >= 4 is 11.6 Å². The summed E-state index contributed by atoms with van der Waals surface area (Å²) in [5.74, 6) is -0.676. The van der Waals surface area contributed by atoms with Gasteiger partial charge >= 0.3 is 6.18 Å². The number of alkyl halides is 3. The number of aromatic nitrogens is 1. The molecular weight excluding hydrogens is 400 g/mol. The molecule has 9 heteroatoms. The molecule has 4 nitrogen and oxygen atoms in total. The third-order valence-electron chi connectivity index (χ3n) is 5.30. The van der Waals surface area contributed by atoms with E-state index in [9.17, 15) is 27.8 Å². The Morgan fingerprint density at radius 1 is 1.25 bits per heavy atom. The number of nitrogens with two attached hydrogens (primary N) is 1. The molecule has 0 amide bonds.